The van der Waals surface area contributed by atoms with Crippen LogP contribution >= 0.6 is 0 Å². The van der Waals surface area contributed by atoms with Crippen LogP contribution < -0.4 is 10.6 Å². The van der Waals surface area contributed by atoms with Gasteiger partial charge in [0.15, 0.2) is 0 Å². The second-order valence-corrected chi connectivity index (χ2v) is 8.84. The molecule has 2 amide bonds. The van der Waals surface area contributed by atoms with E-state index in [9.17, 15) is 14.4 Å². The van der Waals surface area contributed by atoms with Gasteiger partial charge >= 0.3 is 12.1 Å². The van der Waals surface area contributed by atoms with Gasteiger partial charge < -0.3 is 20.5 Å². The number of amides is 2. The molecule has 0 heterocycles. The van der Waals surface area contributed by atoms with Crippen molar-refractivity contribution in [1.82, 2.24) is 10.6 Å². The molecule has 0 spiro atoms. The average Bonchev–Trinajstić information content (AvgIpc) is 3.12. The van der Waals surface area contributed by atoms with E-state index < -0.39 is 12.1 Å². The van der Waals surface area contributed by atoms with Gasteiger partial charge in [-0.2, -0.15) is 0 Å². The number of fused-ring (bicyclic) bond motifs is 3. The number of alkyl carbamates (subject to hydrolysis) is 1. The van der Waals surface area contributed by atoms with Gasteiger partial charge in [0.2, 0.25) is 5.91 Å². The molecule has 0 unspecified atom stereocenters. The quantitative estimate of drug-likeness (QED) is 0.366. The van der Waals surface area contributed by atoms with Crippen molar-refractivity contribution in [3.63, 3.8) is 0 Å². The molecule has 0 bridgehead atoms. The average molecular weight is 467 g/mol. The molecular weight excluding hydrogens is 432 g/mol. The minimum Gasteiger partial charge on any atom is -0.481 e. The van der Waals surface area contributed by atoms with E-state index in [1.165, 1.54) is 22.3 Å². The molecule has 0 aromatic heterocycles. The molecule has 0 fully saturated rings. The molecule has 2 aromatic carbocycles. The zero-order valence-corrected chi connectivity index (χ0v) is 19.7. The number of carboxylic acid groups (broad SMARTS) is 1. The number of carbonyl (C=O) groups is 3. The highest BCUT2D eigenvalue weighted by Crippen LogP contribution is 2.44. The van der Waals surface area contributed by atoms with Crippen LogP contribution in [0.5, 0.6) is 0 Å². The number of ether oxygens (including phenoxy) is 1. The third kappa shape index (κ3) is 7.33. The predicted octanol–water partition coefficient (Wildman–Crippen LogP) is 4.85. The van der Waals surface area contributed by atoms with Crippen LogP contribution in [0.25, 0.3) is 11.1 Å². The van der Waals surface area contributed by atoms with Crippen molar-refractivity contribution in [1.29, 1.82) is 0 Å². The number of hydrogen-bond acceptors (Lipinski definition) is 4. The lowest BCUT2D eigenvalue weighted by Gasteiger charge is -2.14. The van der Waals surface area contributed by atoms with E-state index in [0.717, 1.165) is 32.1 Å². The summed E-state index contributed by atoms with van der Waals surface area (Å²) in [6.07, 6.45) is 4.42. The van der Waals surface area contributed by atoms with E-state index in [-0.39, 0.29) is 24.3 Å². The Balaban J connectivity index is 1.26. The Labute approximate surface area is 200 Å². The molecule has 0 saturated carbocycles. The molecule has 182 valence electrons. The topological polar surface area (TPSA) is 105 Å². The first-order chi connectivity index (χ1) is 16.5. The van der Waals surface area contributed by atoms with Crippen molar-refractivity contribution in [2.45, 2.75) is 63.8 Å². The third-order valence-electron chi connectivity index (χ3n) is 6.08. The summed E-state index contributed by atoms with van der Waals surface area (Å²) in [6, 6.07) is 16.2. The minimum absolute atomic E-state index is 0.0578. The Morgan fingerprint density at radius 2 is 1.50 bits per heavy atom. The molecule has 7 heteroatoms. The highest BCUT2D eigenvalue weighted by Gasteiger charge is 2.28. The molecule has 2 aromatic rings. The monoisotopic (exact) mass is 466 g/mol. The molecule has 0 saturated heterocycles. The number of carbonyl (C=O) groups excluding carboxylic acids is 2. The first-order valence-corrected chi connectivity index (χ1v) is 12.1. The molecule has 1 aliphatic rings. The largest absolute Gasteiger partial charge is 0.481 e. The SMILES string of the molecule is C[C@@H](CC(=O)O)NC(=O)CCCCCCCNC(=O)OCC1c2ccccc2-c2ccccc21. The summed E-state index contributed by atoms with van der Waals surface area (Å²) in [5.74, 6) is -0.965. The van der Waals surface area contributed by atoms with Crippen LogP contribution in [0, 0.1) is 0 Å². The second kappa shape index (κ2) is 12.8. The lowest BCUT2D eigenvalue weighted by molar-refractivity contribution is -0.137. The van der Waals surface area contributed by atoms with E-state index in [0.29, 0.717) is 19.6 Å². The van der Waals surface area contributed by atoms with E-state index in [1.807, 2.05) is 24.3 Å². The first-order valence-electron chi connectivity index (χ1n) is 12.1. The second-order valence-electron chi connectivity index (χ2n) is 8.84. The Morgan fingerprint density at radius 3 is 2.15 bits per heavy atom. The number of benzene rings is 2. The fraction of sp³-hybridized carbons (Fsp3) is 0.444. The Hall–Kier alpha value is -3.35. The Morgan fingerprint density at radius 1 is 0.912 bits per heavy atom. The number of unbranched alkanes of at least 4 members (excludes halogenated alkanes) is 4. The van der Waals surface area contributed by atoms with Gasteiger partial charge in [-0.1, -0.05) is 67.8 Å². The zero-order chi connectivity index (χ0) is 24.3. The lowest BCUT2D eigenvalue weighted by atomic mass is 9.98. The van der Waals surface area contributed by atoms with Crippen molar-refractivity contribution in [2.75, 3.05) is 13.2 Å². The molecule has 0 aliphatic heterocycles. The van der Waals surface area contributed by atoms with Gasteiger partial charge in [-0.25, -0.2) is 4.79 Å². The fourth-order valence-electron chi connectivity index (χ4n) is 4.44. The highest BCUT2D eigenvalue weighted by molar-refractivity contribution is 5.79. The fourth-order valence-corrected chi connectivity index (χ4v) is 4.44. The molecule has 0 radical (unpaired) electrons. The summed E-state index contributed by atoms with van der Waals surface area (Å²) in [5.41, 5.74) is 4.81. The molecule has 1 atom stereocenters. The standard InChI is InChI=1S/C27H34N2O5/c1-19(17-26(31)32)29-25(30)15-5-3-2-4-10-16-28-27(33)34-18-24-22-13-8-6-11-20(22)21-12-7-9-14-23(21)24/h6-9,11-14,19,24H,2-5,10,15-18H2,1H3,(H,28,33)(H,29,30)(H,31,32)/t19-/m0/s1. The first kappa shape index (κ1) is 25.3. The van der Waals surface area contributed by atoms with Gasteiger partial charge in [-0.15, -0.1) is 0 Å². The van der Waals surface area contributed by atoms with Gasteiger partial charge in [-0.3, -0.25) is 9.59 Å². The van der Waals surface area contributed by atoms with Gasteiger partial charge in [0.05, 0.1) is 6.42 Å². The van der Waals surface area contributed by atoms with Crippen molar-refractivity contribution in [3.05, 3.63) is 59.7 Å². The predicted molar refractivity (Wildman–Crippen MR) is 131 cm³/mol. The molecule has 3 N–H and O–H groups in total. The minimum atomic E-state index is -0.917. The van der Waals surface area contributed by atoms with Crippen LogP contribution in [0.15, 0.2) is 48.5 Å². The van der Waals surface area contributed by atoms with Crippen molar-refractivity contribution in [2.24, 2.45) is 0 Å². The maximum absolute atomic E-state index is 12.2. The van der Waals surface area contributed by atoms with Gasteiger partial charge in [-0.05, 0) is 42.0 Å². The van der Waals surface area contributed by atoms with E-state index in [2.05, 4.69) is 34.9 Å². The number of nitrogens with one attached hydrogen (secondary N) is 2. The van der Waals surface area contributed by atoms with Crippen molar-refractivity contribution >= 4 is 18.0 Å². The summed E-state index contributed by atoms with van der Waals surface area (Å²) in [6.45, 7) is 2.56. The van der Waals surface area contributed by atoms with Crippen LogP contribution in [-0.2, 0) is 14.3 Å². The normalized spacial score (nSPS) is 13.0. The number of carboxylic acids is 1. The van der Waals surface area contributed by atoms with Crippen LogP contribution in [0.2, 0.25) is 0 Å². The summed E-state index contributed by atoms with van der Waals surface area (Å²) in [7, 11) is 0. The summed E-state index contributed by atoms with van der Waals surface area (Å²) in [5, 5.41) is 14.2. The van der Waals surface area contributed by atoms with Gasteiger partial charge in [0.1, 0.15) is 6.61 Å². The lowest BCUT2D eigenvalue weighted by Crippen LogP contribution is -2.33. The molecule has 7 nitrogen and oxygen atoms in total. The summed E-state index contributed by atoms with van der Waals surface area (Å²) >= 11 is 0. The third-order valence-corrected chi connectivity index (χ3v) is 6.08. The molecular formula is C27H34N2O5. The van der Waals surface area contributed by atoms with E-state index >= 15 is 0 Å². The Kier molecular flexibility index (Phi) is 9.50. The van der Waals surface area contributed by atoms with Crippen LogP contribution in [0.3, 0.4) is 0 Å². The number of hydrogen-bond donors (Lipinski definition) is 3. The van der Waals surface area contributed by atoms with Gasteiger partial charge in [0, 0.05) is 24.9 Å². The smallest absolute Gasteiger partial charge is 0.407 e. The molecule has 34 heavy (non-hydrogen) atoms. The maximum Gasteiger partial charge on any atom is 0.407 e. The number of rotatable bonds is 13. The highest BCUT2D eigenvalue weighted by atomic mass is 16.5. The summed E-state index contributed by atoms with van der Waals surface area (Å²) in [4.78, 5) is 34.6. The van der Waals surface area contributed by atoms with Gasteiger partial charge in [0.25, 0.3) is 0 Å². The van der Waals surface area contributed by atoms with Crippen LogP contribution in [-0.4, -0.2) is 42.3 Å². The van der Waals surface area contributed by atoms with E-state index in [1.54, 1.807) is 6.92 Å². The maximum atomic E-state index is 12.2. The molecule has 3 rings (SSSR count). The van der Waals surface area contributed by atoms with E-state index in [4.69, 9.17) is 9.84 Å². The zero-order valence-electron chi connectivity index (χ0n) is 19.7. The van der Waals surface area contributed by atoms with Crippen LogP contribution in [0.1, 0.15) is 68.9 Å². The summed E-state index contributed by atoms with van der Waals surface area (Å²) < 4.78 is 5.54. The van der Waals surface area contributed by atoms with Crippen molar-refractivity contribution in [3.8, 4) is 11.1 Å². The number of aliphatic carboxylic acids is 1. The molecule has 1 aliphatic carbocycles. The van der Waals surface area contributed by atoms with Crippen molar-refractivity contribution < 1.29 is 24.2 Å². The van der Waals surface area contributed by atoms with Crippen LogP contribution in [0.4, 0.5) is 4.79 Å². The Bertz CT molecular complexity index is 945.